The normalized spacial score (nSPS) is 16.2. The fraction of sp³-hybridized carbons (Fsp3) is 0.400. The van der Waals surface area contributed by atoms with E-state index in [2.05, 4.69) is 10.1 Å². The first-order chi connectivity index (χ1) is 9.93. The van der Waals surface area contributed by atoms with Crippen LogP contribution in [0.5, 0.6) is 11.5 Å². The number of Topliss-reactive ketones (excluding diaryl/α,β-unsaturated/α-hetero) is 1. The van der Waals surface area contributed by atoms with Crippen molar-refractivity contribution < 1.29 is 18.8 Å². The summed E-state index contributed by atoms with van der Waals surface area (Å²) >= 11 is 0. The molecule has 0 saturated carbocycles. The van der Waals surface area contributed by atoms with Crippen LogP contribution in [0.3, 0.4) is 0 Å². The van der Waals surface area contributed by atoms with Gasteiger partial charge < -0.3 is 14.0 Å². The van der Waals surface area contributed by atoms with Crippen LogP contribution in [0.4, 0.5) is 0 Å². The van der Waals surface area contributed by atoms with E-state index in [1.807, 2.05) is 13.8 Å². The Balaban J connectivity index is 1.78. The third-order valence-electron chi connectivity index (χ3n) is 3.16. The van der Waals surface area contributed by atoms with E-state index in [9.17, 15) is 4.79 Å². The molecule has 3 rings (SSSR count). The minimum Gasteiger partial charge on any atom is -0.486 e. The molecule has 6 heteroatoms. The molecule has 1 aliphatic heterocycles. The number of ketones is 1. The number of fused-ring (bicyclic) bond motifs is 1. The first-order valence-corrected chi connectivity index (χ1v) is 6.71. The predicted molar refractivity (Wildman–Crippen MR) is 73.5 cm³/mol. The van der Waals surface area contributed by atoms with E-state index in [0.717, 1.165) is 0 Å². The molecule has 0 amide bonds. The van der Waals surface area contributed by atoms with E-state index in [0.29, 0.717) is 35.2 Å². The van der Waals surface area contributed by atoms with Gasteiger partial charge in [0.25, 0.3) is 0 Å². The lowest BCUT2D eigenvalue weighted by Gasteiger charge is -2.31. The summed E-state index contributed by atoms with van der Waals surface area (Å²) < 4.78 is 16.3. The Morgan fingerprint density at radius 3 is 2.90 bits per heavy atom. The summed E-state index contributed by atoms with van der Waals surface area (Å²) in [6, 6.07) is 5.19. The number of benzene rings is 1. The van der Waals surface area contributed by atoms with E-state index in [1.165, 1.54) is 0 Å². The summed E-state index contributed by atoms with van der Waals surface area (Å²) in [5, 5.41) is 3.76. The molecule has 0 N–H and O–H groups in total. The van der Waals surface area contributed by atoms with Gasteiger partial charge in [-0.1, -0.05) is 5.16 Å². The highest BCUT2D eigenvalue weighted by molar-refractivity contribution is 6.00. The first kappa shape index (κ1) is 13.6. The number of rotatable bonds is 3. The van der Waals surface area contributed by atoms with Crippen molar-refractivity contribution in [1.29, 1.82) is 0 Å². The van der Waals surface area contributed by atoms with Crippen molar-refractivity contribution in [3.05, 3.63) is 35.5 Å². The Hall–Kier alpha value is -2.37. The number of nitrogens with zero attached hydrogens (tertiary/aromatic N) is 2. The Labute approximate surface area is 122 Å². The highest BCUT2D eigenvalue weighted by Crippen LogP contribution is 2.35. The largest absolute Gasteiger partial charge is 0.486 e. The molecular formula is C15H16N2O4. The van der Waals surface area contributed by atoms with Gasteiger partial charge in [-0.3, -0.25) is 4.79 Å². The number of aromatic nitrogens is 2. The Morgan fingerprint density at radius 2 is 2.19 bits per heavy atom. The number of hydrogen-bond donors (Lipinski definition) is 0. The first-order valence-electron chi connectivity index (χ1n) is 6.71. The summed E-state index contributed by atoms with van der Waals surface area (Å²) in [5.41, 5.74) is 0.102. The average Bonchev–Trinajstić information content (AvgIpc) is 2.80. The summed E-state index contributed by atoms with van der Waals surface area (Å²) in [4.78, 5) is 16.1. The molecule has 0 bridgehead atoms. The fourth-order valence-corrected chi connectivity index (χ4v) is 2.27. The summed E-state index contributed by atoms with van der Waals surface area (Å²) in [5.74, 6) is 2.21. The molecule has 1 aromatic carbocycles. The van der Waals surface area contributed by atoms with E-state index in [4.69, 9.17) is 14.0 Å². The van der Waals surface area contributed by atoms with Gasteiger partial charge in [0.15, 0.2) is 12.4 Å². The second-order valence-corrected chi connectivity index (χ2v) is 5.64. The van der Waals surface area contributed by atoms with E-state index in [1.54, 1.807) is 25.1 Å². The lowest BCUT2D eigenvalue weighted by Crippen LogP contribution is -2.35. The molecule has 0 spiro atoms. The third kappa shape index (κ3) is 2.89. The third-order valence-corrected chi connectivity index (χ3v) is 3.16. The standard InChI is InChI=1S/C15H16N2O4/c1-9-16-14(17-21-9)8-19-10-4-5-11-12(18)7-15(2,3)20-13(11)6-10/h4-6H,7-8H2,1-3H3. The predicted octanol–water partition coefficient (Wildman–Crippen LogP) is 2.70. The molecule has 1 aliphatic rings. The molecule has 0 radical (unpaired) electrons. The SMILES string of the molecule is Cc1nc(COc2ccc3c(c2)OC(C)(C)CC3=O)no1. The quantitative estimate of drug-likeness (QED) is 0.864. The van der Waals surface area contributed by atoms with Gasteiger partial charge in [-0.25, -0.2) is 0 Å². The van der Waals surface area contributed by atoms with Crippen LogP contribution in [0, 0.1) is 6.92 Å². The summed E-state index contributed by atoms with van der Waals surface area (Å²) in [7, 11) is 0. The molecular weight excluding hydrogens is 272 g/mol. The molecule has 21 heavy (non-hydrogen) atoms. The smallest absolute Gasteiger partial charge is 0.223 e. The van der Waals surface area contributed by atoms with Crippen LogP contribution in [-0.4, -0.2) is 21.5 Å². The van der Waals surface area contributed by atoms with E-state index in [-0.39, 0.29) is 12.4 Å². The van der Waals surface area contributed by atoms with Crippen molar-refractivity contribution >= 4 is 5.78 Å². The van der Waals surface area contributed by atoms with Crippen molar-refractivity contribution in [2.24, 2.45) is 0 Å². The van der Waals surface area contributed by atoms with Gasteiger partial charge in [0.05, 0.1) is 12.0 Å². The lowest BCUT2D eigenvalue weighted by molar-refractivity contribution is 0.0618. The Bertz CT molecular complexity index is 691. The van der Waals surface area contributed by atoms with Crippen LogP contribution in [-0.2, 0) is 6.61 Å². The average molecular weight is 288 g/mol. The second-order valence-electron chi connectivity index (χ2n) is 5.64. The van der Waals surface area contributed by atoms with Gasteiger partial charge in [0.2, 0.25) is 11.7 Å². The van der Waals surface area contributed by atoms with Gasteiger partial charge in [0.1, 0.15) is 17.1 Å². The zero-order valence-corrected chi connectivity index (χ0v) is 12.2. The fourth-order valence-electron chi connectivity index (χ4n) is 2.27. The highest BCUT2D eigenvalue weighted by atomic mass is 16.5. The van der Waals surface area contributed by atoms with Crippen molar-refractivity contribution in [2.45, 2.75) is 39.4 Å². The van der Waals surface area contributed by atoms with Crippen molar-refractivity contribution in [3.63, 3.8) is 0 Å². The minimum absolute atomic E-state index is 0.0848. The monoisotopic (exact) mass is 288 g/mol. The molecule has 1 aromatic heterocycles. The molecule has 0 saturated heterocycles. The van der Waals surface area contributed by atoms with E-state index >= 15 is 0 Å². The topological polar surface area (TPSA) is 74.5 Å². The Kier molecular flexibility index (Phi) is 3.16. The van der Waals surface area contributed by atoms with Gasteiger partial charge in [-0.05, 0) is 26.0 Å². The molecule has 0 fully saturated rings. The molecule has 2 heterocycles. The maximum absolute atomic E-state index is 12.0. The van der Waals surface area contributed by atoms with Crippen molar-refractivity contribution in [2.75, 3.05) is 0 Å². The zero-order chi connectivity index (χ0) is 15.0. The number of aryl methyl sites for hydroxylation is 1. The Morgan fingerprint density at radius 1 is 1.38 bits per heavy atom. The highest BCUT2D eigenvalue weighted by Gasteiger charge is 2.32. The van der Waals surface area contributed by atoms with Crippen molar-refractivity contribution in [3.8, 4) is 11.5 Å². The number of hydrogen-bond acceptors (Lipinski definition) is 6. The van der Waals surface area contributed by atoms with Gasteiger partial charge in [-0.15, -0.1) is 0 Å². The number of carbonyl (C=O) groups is 1. The van der Waals surface area contributed by atoms with Crippen molar-refractivity contribution in [1.82, 2.24) is 10.1 Å². The van der Waals surface area contributed by atoms with Gasteiger partial charge in [-0.2, -0.15) is 4.98 Å². The van der Waals surface area contributed by atoms with Crippen LogP contribution in [0.2, 0.25) is 0 Å². The molecule has 110 valence electrons. The minimum atomic E-state index is -0.493. The molecule has 0 aliphatic carbocycles. The summed E-state index contributed by atoms with van der Waals surface area (Å²) in [6.45, 7) is 5.71. The van der Waals surface area contributed by atoms with E-state index < -0.39 is 5.60 Å². The van der Waals surface area contributed by atoms with Crippen LogP contribution >= 0.6 is 0 Å². The van der Waals surface area contributed by atoms with Crippen LogP contribution in [0.25, 0.3) is 0 Å². The maximum atomic E-state index is 12.0. The second kappa shape index (κ2) is 4.87. The van der Waals surface area contributed by atoms with Gasteiger partial charge in [0, 0.05) is 13.0 Å². The van der Waals surface area contributed by atoms with Crippen LogP contribution < -0.4 is 9.47 Å². The zero-order valence-electron chi connectivity index (χ0n) is 12.2. The van der Waals surface area contributed by atoms with Crippen LogP contribution in [0.1, 0.15) is 42.3 Å². The molecule has 6 nitrogen and oxygen atoms in total. The van der Waals surface area contributed by atoms with Crippen LogP contribution in [0.15, 0.2) is 22.7 Å². The maximum Gasteiger partial charge on any atom is 0.223 e. The number of ether oxygens (including phenoxy) is 2. The van der Waals surface area contributed by atoms with Gasteiger partial charge >= 0.3 is 0 Å². The molecule has 0 unspecified atom stereocenters. The summed E-state index contributed by atoms with van der Waals surface area (Å²) in [6.07, 6.45) is 0.377. The molecule has 2 aromatic rings. The number of carbonyl (C=O) groups excluding carboxylic acids is 1. The molecule has 0 atom stereocenters. The lowest BCUT2D eigenvalue weighted by atomic mass is 9.93.